The van der Waals surface area contributed by atoms with E-state index in [1.54, 1.807) is 0 Å². The van der Waals surface area contributed by atoms with E-state index in [0.29, 0.717) is 6.16 Å². The third kappa shape index (κ3) is 7.51. The van der Waals surface area contributed by atoms with Crippen LogP contribution in [0.1, 0.15) is 33.6 Å². The zero-order chi connectivity index (χ0) is 16.1. The van der Waals surface area contributed by atoms with Crippen LogP contribution in [0.15, 0.2) is 0 Å². The summed E-state index contributed by atoms with van der Waals surface area (Å²) in [6.07, 6.45) is 0.186. The van der Waals surface area contributed by atoms with Crippen LogP contribution in [-0.2, 0) is 14.0 Å². The highest BCUT2D eigenvalue weighted by molar-refractivity contribution is 7.56. The van der Waals surface area contributed by atoms with E-state index in [1.807, 2.05) is 13.3 Å². The van der Waals surface area contributed by atoms with Gasteiger partial charge in [0.15, 0.2) is 8.32 Å². The average Bonchev–Trinajstić information content (AvgIpc) is 2.10. The fraction of sp³-hybridized carbons (Fsp3) is 0.857. The molecule has 6 heteroatoms. The molecule has 0 aromatic carbocycles. The Bertz CT molecular complexity index is 348. The van der Waals surface area contributed by atoms with Crippen molar-refractivity contribution < 1.29 is 19.1 Å². The Morgan fingerprint density at radius 3 is 2.05 bits per heavy atom. The number of carbonyl (C=O) groups is 2. The molecule has 0 unspecified atom stereocenters. The number of carboxylic acid groups (broad SMARTS) is 1. The molecular formula is C14H29O4PSi. The van der Waals surface area contributed by atoms with Crippen LogP contribution >= 0.6 is 7.92 Å². The maximum atomic E-state index is 11.9. The maximum absolute atomic E-state index is 11.9. The van der Waals surface area contributed by atoms with Gasteiger partial charge in [0.05, 0.1) is 12.5 Å². The Morgan fingerprint density at radius 2 is 1.70 bits per heavy atom. The molecule has 0 aliphatic carbocycles. The van der Waals surface area contributed by atoms with Crippen molar-refractivity contribution in [2.75, 3.05) is 19.5 Å². The van der Waals surface area contributed by atoms with Gasteiger partial charge in [-0.15, -0.1) is 7.92 Å². The van der Waals surface area contributed by atoms with Crippen LogP contribution in [0.5, 0.6) is 0 Å². The van der Waals surface area contributed by atoms with E-state index in [2.05, 4.69) is 33.9 Å². The van der Waals surface area contributed by atoms with Crippen molar-refractivity contribution in [3.8, 4) is 0 Å². The summed E-state index contributed by atoms with van der Waals surface area (Å²) >= 11 is 0. The summed E-state index contributed by atoms with van der Waals surface area (Å²) in [5.74, 6) is -0.789. The summed E-state index contributed by atoms with van der Waals surface area (Å²) in [7, 11) is -2.34. The molecule has 0 heterocycles. The standard InChI is InChI=1S/C14H29O4PSi/c1-14(2,3)20(6,7)18-12(9-13(16)17)8-11(15)10-19(4)5/h12H,8-10H2,1-7H3,(H,16,17)/t12-/m1/s1. The highest BCUT2D eigenvalue weighted by Gasteiger charge is 2.39. The van der Waals surface area contributed by atoms with E-state index >= 15 is 0 Å². The van der Waals surface area contributed by atoms with Gasteiger partial charge < -0.3 is 9.53 Å². The summed E-state index contributed by atoms with van der Waals surface area (Å²) in [6.45, 7) is 14.6. The molecule has 0 aromatic heterocycles. The van der Waals surface area contributed by atoms with Gasteiger partial charge in [0.2, 0.25) is 0 Å². The Hall–Kier alpha value is -0.253. The van der Waals surface area contributed by atoms with Crippen LogP contribution in [0.3, 0.4) is 0 Å². The zero-order valence-corrected chi connectivity index (χ0v) is 15.7. The summed E-state index contributed by atoms with van der Waals surface area (Å²) in [6, 6.07) is 0. The number of aliphatic carboxylic acids is 1. The predicted molar refractivity (Wildman–Crippen MR) is 87.6 cm³/mol. The van der Waals surface area contributed by atoms with E-state index in [1.165, 1.54) is 0 Å². The minimum atomic E-state index is -2.05. The first-order valence-corrected chi connectivity index (χ1v) is 12.2. The summed E-state index contributed by atoms with van der Waals surface area (Å²) in [4.78, 5) is 22.9. The van der Waals surface area contributed by atoms with E-state index in [0.717, 1.165) is 0 Å². The normalized spacial score (nSPS) is 14.4. The first-order chi connectivity index (χ1) is 8.85. The van der Waals surface area contributed by atoms with Gasteiger partial charge in [-0.25, -0.2) is 0 Å². The molecule has 0 saturated carbocycles. The molecule has 118 valence electrons. The summed E-state index contributed by atoms with van der Waals surface area (Å²) in [5, 5.41) is 9.02. The Morgan fingerprint density at radius 1 is 1.20 bits per heavy atom. The van der Waals surface area contributed by atoms with Crippen molar-refractivity contribution in [1.29, 1.82) is 0 Å². The van der Waals surface area contributed by atoms with Crippen LogP contribution in [0.2, 0.25) is 18.1 Å². The van der Waals surface area contributed by atoms with Crippen molar-refractivity contribution >= 4 is 28.0 Å². The van der Waals surface area contributed by atoms with Crippen LogP contribution in [-0.4, -0.2) is 50.8 Å². The molecule has 4 nitrogen and oxygen atoms in total. The predicted octanol–water partition coefficient (Wildman–Crippen LogP) is 3.55. The van der Waals surface area contributed by atoms with Crippen LogP contribution in [0, 0.1) is 0 Å². The van der Waals surface area contributed by atoms with Gasteiger partial charge in [-0.2, -0.15) is 0 Å². The van der Waals surface area contributed by atoms with Crippen LogP contribution in [0.25, 0.3) is 0 Å². The third-order valence-corrected chi connectivity index (χ3v) is 9.14. The highest BCUT2D eigenvalue weighted by atomic mass is 31.1. The molecule has 1 atom stereocenters. The Labute approximate surface area is 125 Å². The van der Waals surface area contributed by atoms with E-state index < -0.39 is 20.4 Å². The van der Waals surface area contributed by atoms with Gasteiger partial charge >= 0.3 is 5.97 Å². The molecular weight excluding hydrogens is 291 g/mol. The molecule has 0 amide bonds. The molecule has 0 spiro atoms. The molecule has 1 N–H and O–H groups in total. The molecule has 0 fully saturated rings. The minimum Gasteiger partial charge on any atom is -0.481 e. The van der Waals surface area contributed by atoms with E-state index in [-0.39, 0.29) is 31.6 Å². The first-order valence-electron chi connectivity index (χ1n) is 6.91. The fourth-order valence-electron chi connectivity index (χ4n) is 1.61. The lowest BCUT2D eigenvalue weighted by Crippen LogP contribution is -2.45. The highest BCUT2D eigenvalue weighted by Crippen LogP contribution is 2.38. The third-order valence-electron chi connectivity index (χ3n) is 3.62. The number of carbonyl (C=O) groups excluding carboxylic acids is 1. The molecule has 0 aliphatic heterocycles. The van der Waals surface area contributed by atoms with Gasteiger partial charge in [0, 0.05) is 12.6 Å². The van der Waals surface area contributed by atoms with E-state index in [9.17, 15) is 9.59 Å². The number of carboxylic acids is 1. The second kappa shape index (κ2) is 7.67. The number of hydrogen-bond donors (Lipinski definition) is 1. The molecule has 0 bridgehead atoms. The smallest absolute Gasteiger partial charge is 0.305 e. The van der Waals surface area contributed by atoms with Gasteiger partial charge in [-0.05, 0) is 31.5 Å². The molecule has 0 rings (SSSR count). The maximum Gasteiger partial charge on any atom is 0.305 e. The van der Waals surface area contributed by atoms with Crippen molar-refractivity contribution in [3.63, 3.8) is 0 Å². The SMILES string of the molecule is CP(C)CC(=O)C[C@H](CC(=O)O)O[Si](C)(C)C(C)(C)C. The topological polar surface area (TPSA) is 63.6 Å². The van der Waals surface area contributed by atoms with Crippen molar-refractivity contribution in [1.82, 2.24) is 0 Å². The molecule has 0 saturated heterocycles. The van der Waals surface area contributed by atoms with Gasteiger partial charge in [0.25, 0.3) is 0 Å². The summed E-state index contributed by atoms with van der Waals surface area (Å²) < 4.78 is 6.11. The summed E-state index contributed by atoms with van der Waals surface area (Å²) in [5.41, 5.74) is 0. The quantitative estimate of drug-likeness (QED) is 0.549. The first kappa shape index (κ1) is 19.7. The second-order valence-corrected chi connectivity index (χ2v) is 14.3. The fourth-order valence-corrected chi connectivity index (χ4v) is 3.80. The lowest BCUT2D eigenvalue weighted by atomic mass is 10.1. The van der Waals surface area contributed by atoms with Crippen LogP contribution < -0.4 is 0 Å². The Kier molecular flexibility index (Phi) is 7.57. The largest absolute Gasteiger partial charge is 0.481 e. The van der Waals surface area contributed by atoms with E-state index in [4.69, 9.17) is 9.53 Å². The lowest BCUT2D eigenvalue weighted by Gasteiger charge is -2.39. The molecule has 20 heavy (non-hydrogen) atoms. The van der Waals surface area contributed by atoms with Crippen molar-refractivity contribution in [3.05, 3.63) is 0 Å². The molecule has 0 radical (unpaired) electrons. The lowest BCUT2D eigenvalue weighted by molar-refractivity contribution is -0.139. The number of rotatable bonds is 8. The number of Topliss-reactive ketones (excluding diaryl/α,β-unsaturated/α-hetero) is 1. The van der Waals surface area contributed by atoms with Gasteiger partial charge in [-0.3, -0.25) is 9.59 Å². The molecule has 0 aliphatic rings. The van der Waals surface area contributed by atoms with Crippen molar-refractivity contribution in [2.45, 2.75) is 57.8 Å². The zero-order valence-electron chi connectivity index (χ0n) is 13.8. The Balaban J connectivity index is 4.82. The monoisotopic (exact) mass is 320 g/mol. The number of hydrogen-bond acceptors (Lipinski definition) is 3. The van der Waals surface area contributed by atoms with Crippen molar-refractivity contribution in [2.24, 2.45) is 0 Å². The average molecular weight is 320 g/mol. The van der Waals surface area contributed by atoms with Gasteiger partial charge in [-0.1, -0.05) is 20.8 Å². The van der Waals surface area contributed by atoms with Gasteiger partial charge in [0.1, 0.15) is 5.78 Å². The minimum absolute atomic E-state index is 0.00886. The second-order valence-electron chi connectivity index (χ2n) is 7.08. The number of ketones is 1. The molecule has 0 aromatic rings. The van der Waals surface area contributed by atoms with Crippen LogP contribution in [0.4, 0.5) is 0 Å².